The van der Waals surface area contributed by atoms with E-state index in [1.54, 1.807) is 30.3 Å². The van der Waals surface area contributed by atoms with Crippen molar-refractivity contribution in [1.29, 1.82) is 0 Å². The third kappa shape index (κ3) is 12.4. The molecular formula is C26H34ClNO5S. The average Bonchev–Trinajstić information content (AvgIpc) is 2.78. The lowest BCUT2D eigenvalue weighted by molar-refractivity contribution is -0.115. The minimum absolute atomic E-state index is 0.0439. The van der Waals surface area contributed by atoms with Crippen LogP contribution < -0.4 is 9.92 Å². The van der Waals surface area contributed by atoms with Gasteiger partial charge in [-0.2, -0.15) is 8.42 Å². The number of hydrogen-bond donors (Lipinski definition) is 2. The lowest BCUT2D eigenvalue weighted by Crippen LogP contribution is -2.07. The smallest absolute Gasteiger partial charge is 0.370 e. The summed E-state index contributed by atoms with van der Waals surface area (Å²) in [4.78, 5) is 9.22. The minimum atomic E-state index is -4.63. The zero-order valence-corrected chi connectivity index (χ0v) is 22.1. The molecule has 0 unspecified atom stereocenters. The van der Waals surface area contributed by atoms with E-state index in [9.17, 15) is 13.2 Å². The summed E-state index contributed by atoms with van der Waals surface area (Å²) < 4.78 is 36.1. The summed E-state index contributed by atoms with van der Waals surface area (Å²) in [7, 11) is -4.63. The molecule has 0 aliphatic heterocycles. The second-order valence-electron chi connectivity index (χ2n) is 6.62. The van der Waals surface area contributed by atoms with Crippen LogP contribution in [0.1, 0.15) is 51.3 Å². The van der Waals surface area contributed by atoms with Gasteiger partial charge in [0.05, 0.1) is 0 Å². The first-order valence-electron chi connectivity index (χ1n) is 10.9. The van der Waals surface area contributed by atoms with E-state index in [1.807, 2.05) is 52.8 Å². The Balaban J connectivity index is 0.00000121. The van der Waals surface area contributed by atoms with Gasteiger partial charge in [0.25, 0.3) is 0 Å². The second kappa shape index (κ2) is 15.9. The Morgan fingerprint density at radius 3 is 1.97 bits per heavy atom. The molecule has 0 aromatic heterocycles. The van der Waals surface area contributed by atoms with Gasteiger partial charge in [0, 0.05) is 17.5 Å². The van der Waals surface area contributed by atoms with Crippen LogP contribution in [0, 0.1) is 6.92 Å². The van der Waals surface area contributed by atoms with Crippen molar-refractivity contribution in [3.63, 3.8) is 0 Å². The Bertz CT molecular complexity index is 1130. The highest BCUT2D eigenvalue weighted by molar-refractivity contribution is 7.81. The number of carbonyl (C=O) groups excluding carboxylic acids is 1. The highest BCUT2D eigenvalue weighted by Gasteiger charge is 2.14. The molecular weight excluding hydrogens is 474 g/mol. The molecule has 0 saturated carbocycles. The van der Waals surface area contributed by atoms with Crippen LogP contribution in [0.5, 0.6) is 5.75 Å². The molecule has 0 spiro atoms. The van der Waals surface area contributed by atoms with Gasteiger partial charge in [0.15, 0.2) is 5.75 Å². The fourth-order valence-corrected chi connectivity index (χ4v) is 3.26. The number of carbonyl (C=O) groups is 1. The molecule has 6 nitrogen and oxygen atoms in total. The SMILES string of the molecule is CC.CC.CC(N)=O.Cc1ccc(Cc2ccc(OS(=O)(=O)O)c(-c3cccc(Cl)c3)c2)cc1. The largest absolute Gasteiger partial charge is 0.446 e. The minimum Gasteiger partial charge on any atom is -0.370 e. The molecule has 0 radical (unpaired) electrons. The van der Waals surface area contributed by atoms with Crippen LogP contribution in [0.25, 0.3) is 11.1 Å². The molecule has 8 heteroatoms. The molecule has 0 fully saturated rings. The van der Waals surface area contributed by atoms with Gasteiger partial charge < -0.3 is 9.92 Å². The molecule has 0 atom stereocenters. The normalized spacial score (nSPS) is 9.76. The molecule has 0 bridgehead atoms. The van der Waals surface area contributed by atoms with E-state index < -0.39 is 10.4 Å². The van der Waals surface area contributed by atoms with Gasteiger partial charge in [-0.3, -0.25) is 9.35 Å². The maximum Gasteiger partial charge on any atom is 0.446 e. The van der Waals surface area contributed by atoms with Crippen LogP contribution in [0.2, 0.25) is 5.02 Å². The molecule has 34 heavy (non-hydrogen) atoms. The molecule has 3 N–H and O–H groups in total. The summed E-state index contributed by atoms with van der Waals surface area (Å²) in [6.45, 7) is 11.3. The molecule has 0 aliphatic carbocycles. The van der Waals surface area contributed by atoms with E-state index in [4.69, 9.17) is 20.3 Å². The topological polar surface area (TPSA) is 107 Å². The third-order valence-electron chi connectivity index (χ3n) is 3.90. The predicted octanol–water partition coefficient (Wildman–Crippen LogP) is 6.63. The Morgan fingerprint density at radius 2 is 1.47 bits per heavy atom. The van der Waals surface area contributed by atoms with Crippen LogP contribution in [-0.2, 0) is 21.6 Å². The van der Waals surface area contributed by atoms with Gasteiger partial charge in [0.2, 0.25) is 5.91 Å². The van der Waals surface area contributed by atoms with Gasteiger partial charge in [-0.05, 0) is 54.3 Å². The zero-order chi connectivity index (χ0) is 26.3. The van der Waals surface area contributed by atoms with Crippen molar-refractivity contribution in [2.75, 3.05) is 0 Å². The number of nitrogens with two attached hydrogens (primary N) is 1. The van der Waals surface area contributed by atoms with Crippen molar-refractivity contribution in [2.24, 2.45) is 5.73 Å². The molecule has 0 saturated heterocycles. The van der Waals surface area contributed by atoms with Crippen molar-refractivity contribution < 1.29 is 21.9 Å². The third-order valence-corrected chi connectivity index (χ3v) is 4.53. The quantitative estimate of drug-likeness (QED) is 0.377. The van der Waals surface area contributed by atoms with E-state index >= 15 is 0 Å². The summed E-state index contributed by atoms with van der Waals surface area (Å²) in [5.74, 6) is -0.289. The first kappa shape index (κ1) is 31.1. The maximum atomic E-state index is 11.2. The number of primary amides is 1. The number of amides is 1. The molecule has 0 heterocycles. The van der Waals surface area contributed by atoms with Crippen molar-refractivity contribution in [3.8, 4) is 16.9 Å². The summed E-state index contributed by atoms with van der Waals surface area (Å²) >= 11 is 6.06. The van der Waals surface area contributed by atoms with E-state index in [0.717, 1.165) is 11.1 Å². The molecule has 3 rings (SSSR count). The Kier molecular flexibility index (Phi) is 14.5. The number of halogens is 1. The number of rotatable bonds is 5. The van der Waals surface area contributed by atoms with Crippen molar-refractivity contribution >= 4 is 27.9 Å². The Hall–Kier alpha value is -2.87. The predicted molar refractivity (Wildman–Crippen MR) is 141 cm³/mol. The molecule has 3 aromatic rings. The summed E-state index contributed by atoms with van der Waals surface area (Å²) in [5.41, 5.74) is 9.00. The first-order chi connectivity index (χ1) is 16.0. The second-order valence-corrected chi connectivity index (χ2v) is 8.08. The summed E-state index contributed by atoms with van der Waals surface area (Å²) in [5, 5.41) is 0.518. The number of benzene rings is 3. The Labute approximate surface area is 208 Å². The van der Waals surface area contributed by atoms with Gasteiger partial charge in [-0.15, -0.1) is 0 Å². The van der Waals surface area contributed by atoms with Gasteiger partial charge >= 0.3 is 10.4 Å². The zero-order valence-electron chi connectivity index (χ0n) is 20.5. The lowest BCUT2D eigenvalue weighted by Gasteiger charge is -2.12. The van der Waals surface area contributed by atoms with Crippen molar-refractivity contribution in [3.05, 3.63) is 88.4 Å². The van der Waals surface area contributed by atoms with Crippen molar-refractivity contribution in [1.82, 2.24) is 0 Å². The van der Waals surface area contributed by atoms with Crippen LogP contribution in [-0.4, -0.2) is 18.9 Å². The van der Waals surface area contributed by atoms with Crippen LogP contribution >= 0.6 is 11.6 Å². The van der Waals surface area contributed by atoms with Crippen LogP contribution in [0.4, 0.5) is 0 Å². The van der Waals surface area contributed by atoms with E-state index in [-0.39, 0.29) is 11.7 Å². The van der Waals surface area contributed by atoms with Gasteiger partial charge in [-0.1, -0.05) is 87.3 Å². The molecule has 0 aliphatic rings. The molecule has 3 aromatic carbocycles. The standard InChI is InChI=1S/C20H17ClO4S.C2H5NO.2C2H6/c1-14-5-7-15(8-6-14)11-16-9-10-20(25-26(22,23)24)19(12-16)17-3-2-4-18(21)13-17;1-2(3)4;2*1-2/h2-10,12-13H,11H2,1H3,(H,22,23,24);1H3,(H2,3,4);2*1-2H3. The van der Waals surface area contributed by atoms with Crippen molar-refractivity contribution in [2.45, 2.75) is 48.0 Å². The number of hydrogen-bond acceptors (Lipinski definition) is 4. The van der Waals surface area contributed by atoms with Gasteiger partial charge in [-0.25, -0.2) is 0 Å². The maximum absolute atomic E-state index is 11.2. The lowest BCUT2D eigenvalue weighted by atomic mass is 9.98. The highest BCUT2D eigenvalue weighted by Crippen LogP contribution is 2.33. The van der Waals surface area contributed by atoms with Crippen LogP contribution in [0.3, 0.4) is 0 Å². The van der Waals surface area contributed by atoms with Gasteiger partial charge in [0.1, 0.15) is 0 Å². The highest BCUT2D eigenvalue weighted by atomic mass is 35.5. The monoisotopic (exact) mass is 507 g/mol. The summed E-state index contributed by atoms with van der Waals surface area (Å²) in [6, 6.07) is 20.3. The summed E-state index contributed by atoms with van der Waals surface area (Å²) in [6.07, 6.45) is 0.681. The van der Waals surface area contributed by atoms with E-state index in [2.05, 4.69) is 17.9 Å². The fourth-order valence-electron chi connectivity index (χ4n) is 2.70. The molecule has 186 valence electrons. The fraction of sp³-hybridized carbons (Fsp3) is 0.269. The number of aryl methyl sites for hydroxylation is 1. The average molecular weight is 508 g/mol. The molecule has 1 amide bonds. The van der Waals surface area contributed by atoms with E-state index in [1.165, 1.54) is 18.6 Å². The Morgan fingerprint density at radius 1 is 0.941 bits per heavy atom. The van der Waals surface area contributed by atoms with E-state index in [0.29, 0.717) is 22.6 Å². The first-order valence-corrected chi connectivity index (χ1v) is 12.6. The van der Waals surface area contributed by atoms with Crippen LogP contribution in [0.15, 0.2) is 66.7 Å².